The summed E-state index contributed by atoms with van der Waals surface area (Å²) >= 11 is 5.88. The van der Waals surface area contributed by atoms with Crippen LogP contribution in [0.3, 0.4) is 0 Å². The van der Waals surface area contributed by atoms with Gasteiger partial charge in [-0.1, -0.05) is 42.7 Å². The lowest BCUT2D eigenvalue weighted by Gasteiger charge is -2.11. The van der Waals surface area contributed by atoms with Crippen LogP contribution in [-0.4, -0.2) is 36.2 Å². The van der Waals surface area contributed by atoms with Crippen molar-refractivity contribution in [1.82, 2.24) is 20.8 Å². The van der Waals surface area contributed by atoms with Crippen LogP contribution in [0.25, 0.3) is 0 Å². The van der Waals surface area contributed by atoms with Gasteiger partial charge in [0.25, 0.3) is 0 Å². The fraction of sp³-hybridized carbons (Fsp3) is 0.471. The summed E-state index contributed by atoms with van der Waals surface area (Å²) in [6.45, 7) is 5.55. The molecule has 0 fully saturated rings. The van der Waals surface area contributed by atoms with E-state index in [0.29, 0.717) is 18.9 Å². The molecule has 1 aromatic heterocycles. The molecule has 130 valence electrons. The largest absolute Gasteiger partial charge is 0.356 e. The van der Waals surface area contributed by atoms with Crippen molar-refractivity contribution in [3.05, 3.63) is 46.6 Å². The molecule has 0 saturated heterocycles. The van der Waals surface area contributed by atoms with Crippen LogP contribution in [0.5, 0.6) is 0 Å². The summed E-state index contributed by atoms with van der Waals surface area (Å²) in [4.78, 5) is 8.56. The van der Waals surface area contributed by atoms with Gasteiger partial charge in [0, 0.05) is 37.5 Å². The third kappa shape index (κ3) is 5.85. The van der Waals surface area contributed by atoms with Crippen molar-refractivity contribution in [1.29, 1.82) is 0 Å². The van der Waals surface area contributed by atoms with E-state index in [1.54, 1.807) is 7.05 Å². The standard InChI is InChI=1S/C17H24ClN5O/c1-12(2)16-22-15(24-23-16)9-11-21-17(19-3)20-10-8-13-4-6-14(18)7-5-13/h4-7,12H,8-11H2,1-3H3,(H2,19,20,21). The summed E-state index contributed by atoms with van der Waals surface area (Å²) < 4.78 is 5.22. The molecule has 0 aliphatic rings. The lowest BCUT2D eigenvalue weighted by Crippen LogP contribution is -2.39. The Morgan fingerprint density at radius 2 is 1.83 bits per heavy atom. The number of nitrogens with one attached hydrogen (secondary N) is 2. The first-order valence-corrected chi connectivity index (χ1v) is 8.47. The monoisotopic (exact) mass is 349 g/mol. The number of hydrogen-bond donors (Lipinski definition) is 2. The quantitative estimate of drug-likeness (QED) is 0.594. The first-order chi connectivity index (χ1) is 11.6. The zero-order chi connectivity index (χ0) is 17.4. The normalized spacial score (nSPS) is 11.8. The summed E-state index contributed by atoms with van der Waals surface area (Å²) in [7, 11) is 1.75. The Bertz CT molecular complexity index is 651. The third-order valence-corrected chi connectivity index (χ3v) is 3.73. The fourth-order valence-corrected chi connectivity index (χ4v) is 2.21. The van der Waals surface area contributed by atoms with E-state index < -0.39 is 0 Å². The van der Waals surface area contributed by atoms with E-state index in [-0.39, 0.29) is 5.92 Å². The van der Waals surface area contributed by atoms with E-state index in [1.807, 2.05) is 38.1 Å². The lowest BCUT2D eigenvalue weighted by molar-refractivity contribution is 0.371. The van der Waals surface area contributed by atoms with E-state index in [2.05, 4.69) is 25.8 Å². The molecule has 0 amide bonds. The molecule has 0 spiro atoms. The maximum absolute atomic E-state index is 5.88. The number of hydrogen-bond acceptors (Lipinski definition) is 4. The number of guanidine groups is 1. The summed E-state index contributed by atoms with van der Waals surface area (Å²) in [5.41, 5.74) is 1.23. The second-order valence-corrected chi connectivity index (χ2v) is 6.19. The zero-order valence-electron chi connectivity index (χ0n) is 14.3. The highest BCUT2D eigenvalue weighted by Crippen LogP contribution is 2.10. The van der Waals surface area contributed by atoms with E-state index in [1.165, 1.54) is 5.56 Å². The minimum Gasteiger partial charge on any atom is -0.356 e. The SMILES string of the molecule is CN=C(NCCc1ccc(Cl)cc1)NCCc1nc(C(C)C)no1. The number of aromatic nitrogens is 2. The Balaban J connectivity index is 1.69. The molecule has 0 aliphatic carbocycles. The van der Waals surface area contributed by atoms with Crippen molar-refractivity contribution >= 4 is 17.6 Å². The van der Waals surface area contributed by atoms with Gasteiger partial charge in [-0.05, 0) is 24.1 Å². The zero-order valence-corrected chi connectivity index (χ0v) is 15.1. The maximum Gasteiger partial charge on any atom is 0.228 e. The smallest absolute Gasteiger partial charge is 0.228 e. The summed E-state index contributed by atoms with van der Waals surface area (Å²) in [5, 5.41) is 11.2. The Labute approximate surface area is 147 Å². The Morgan fingerprint density at radius 3 is 2.42 bits per heavy atom. The van der Waals surface area contributed by atoms with Gasteiger partial charge in [0.05, 0.1) is 0 Å². The second-order valence-electron chi connectivity index (χ2n) is 5.75. The molecule has 0 saturated carbocycles. The summed E-state index contributed by atoms with van der Waals surface area (Å²) in [5.74, 6) is 2.42. The van der Waals surface area contributed by atoms with Crippen LogP contribution in [0.15, 0.2) is 33.8 Å². The molecule has 0 bridgehead atoms. The highest BCUT2D eigenvalue weighted by atomic mass is 35.5. The molecule has 24 heavy (non-hydrogen) atoms. The number of rotatable bonds is 7. The predicted molar refractivity (Wildman–Crippen MR) is 96.6 cm³/mol. The van der Waals surface area contributed by atoms with Crippen molar-refractivity contribution in [3.63, 3.8) is 0 Å². The molecule has 0 unspecified atom stereocenters. The van der Waals surface area contributed by atoms with E-state index in [4.69, 9.17) is 16.1 Å². The van der Waals surface area contributed by atoms with Crippen LogP contribution >= 0.6 is 11.6 Å². The van der Waals surface area contributed by atoms with Gasteiger partial charge >= 0.3 is 0 Å². The minimum atomic E-state index is 0.276. The van der Waals surface area contributed by atoms with Crippen LogP contribution in [-0.2, 0) is 12.8 Å². The molecule has 2 N–H and O–H groups in total. The average molecular weight is 350 g/mol. The van der Waals surface area contributed by atoms with Crippen LogP contribution < -0.4 is 10.6 Å². The fourth-order valence-electron chi connectivity index (χ4n) is 2.09. The van der Waals surface area contributed by atoms with Crippen LogP contribution in [0.4, 0.5) is 0 Å². The lowest BCUT2D eigenvalue weighted by atomic mass is 10.1. The van der Waals surface area contributed by atoms with E-state index in [9.17, 15) is 0 Å². The number of benzene rings is 1. The van der Waals surface area contributed by atoms with Gasteiger partial charge in [0.1, 0.15) is 0 Å². The molecule has 1 aromatic carbocycles. The van der Waals surface area contributed by atoms with E-state index >= 15 is 0 Å². The summed E-state index contributed by atoms with van der Waals surface area (Å²) in [6.07, 6.45) is 1.57. The van der Waals surface area contributed by atoms with Crippen molar-refractivity contribution in [2.75, 3.05) is 20.1 Å². The molecule has 0 radical (unpaired) electrons. The van der Waals surface area contributed by atoms with E-state index in [0.717, 1.165) is 29.8 Å². The van der Waals surface area contributed by atoms with Crippen molar-refractivity contribution in [2.45, 2.75) is 32.6 Å². The molecule has 7 heteroatoms. The van der Waals surface area contributed by atoms with Crippen molar-refractivity contribution in [2.24, 2.45) is 4.99 Å². The van der Waals surface area contributed by atoms with Gasteiger partial charge in [0.2, 0.25) is 5.89 Å². The molecular weight excluding hydrogens is 326 g/mol. The van der Waals surface area contributed by atoms with Gasteiger partial charge < -0.3 is 15.2 Å². The molecule has 2 aromatic rings. The van der Waals surface area contributed by atoms with Gasteiger partial charge in [0.15, 0.2) is 11.8 Å². The maximum atomic E-state index is 5.88. The number of nitrogens with zero attached hydrogens (tertiary/aromatic N) is 3. The predicted octanol–water partition coefficient (Wildman–Crippen LogP) is 2.80. The molecule has 0 aliphatic heterocycles. The highest BCUT2D eigenvalue weighted by molar-refractivity contribution is 6.30. The second kappa shape index (κ2) is 9.27. The van der Waals surface area contributed by atoms with Crippen LogP contribution in [0, 0.1) is 0 Å². The minimum absolute atomic E-state index is 0.276. The molecule has 0 atom stereocenters. The molecule has 2 rings (SSSR count). The van der Waals surface area contributed by atoms with Crippen molar-refractivity contribution in [3.8, 4) is 0 Å². The Hall–Kier alpha value is -2.08. The van der Waals surface area contributed by atoms with Gasteiger partial charge in [-0.3, -0.25) is 4.99 Å². The van der Waals surface area contributed by atoms with Gasteiger partial charge in [-0.15, -0.1) is 0 Å². The highest BCUT2D eigenvalue weighted by Gasteiger charge is 2.09. The molecule has 1 heterocycles. The topological polar surface area (TPSA) is 75.3 Å². The first kappa shape index (κ1) is 18.3. The van der Waals surface area contributed by atoms with Crippen molar-refractivity contribution < 1.29 is 4.52 Å². The first-order valence-electron chi connectivity index (χ1n) is 8.10. The average Bonchev–Trinajstić information content (AvgIpc) is 3.04. The van der Waals surface area contributed by atoms with Gasteiger partial charge in [-0.2, -0.15) is 4.98 Å². The third-order valence-electron chi connectivity index (χ3n) is 3.47. The number of halogens is 1. The number of aliphatic imine (C=N–C) groups is 1. The Morgan fingerprint density at radius 1 is 1.17 bits per heavy atom. The van der Waals surface area contributed by atoms with Gasteiger partial charge in [-0.25, -0.2) is 0 Å². The molecular formula is C17H24ClN5O. The summed E-state index contributed by atoms with van der Waals surface area (Å²) in [6, 6.07) is 7.86. The van der Waals surface area contributed by atoms with Crippen LogP contribution in [0.2, 0.25) is 5.02 Å². The molecule has 6 nitrogen and oxygen atoms in total. The Kier molecular flexibility index (Phi) is 7.06. The van der Waals surface area contributed by atoms with Crippen LogP contribution in [0.1, 0.15) is 37.0 Å².